The number of hydrogen-bond donors (Lipinski definition) is 0. The van der Waals surface area contributed by atoms with E-state index in [2.05, 4.69) is 46.3 Å². The topological polar surface area (TPSA) is 19.5 Å². The van der Waals surface area contributed by atoms with E-state index in [-0.39, 0.29) is 0 Å². The average Bonchev–Trinajstić information content (AvgIpc) is 2.26. The molecular weight excluding hydrogens is 334 g/mol. The summed E-state index contributed by atoms with van der Waals surface area (Å²) in [5.74, 6) is 1.95. The van der Waals surface area contributed by atoms with Crippen LogP contribution >= 0.6 is 31.9 Å². The van der Waals surface area contributed by atoms with Gasteiger partial charge in [0.15, 0.2) is 6.67 Å². The van der Waals surface area contributed by atoms with E-state index in [0.717, 1.165) is 27.3 Å². The van der Waals surface area contributed by atoms with Crippen molar-refractivity contribution in [2.24, 2.45) is 4.99 Å². The van der Waals surface area contributed by atoms with Gasteiger partial charge in [0.05, 0.1) is 4.47 Å². The molecule has 0 unspecified atom stereocenters. The van der Waals surface area contributed by atoms with Gasteiger partial charge in [0, 0.05) is 22.8 Å². The van der Waals surface area contributed by atoms with Crippen molar-refractivity contribution in [3.05, 3.63) is 45.6 Å². The standard InChI is InChI=1S/C11H8Br2N3/c12-8-1-3-10-14-11-4-2-9(13)6-16(11)7-15(10)5-8/h1-6H,7H2/q+1. The number of pyridine rings is 1. The van der Waals surface area contributed by atoms with E-state index in [1.54, 1.807) is 0 Å². The van der Waals surface area contributed by atoms with E-state index in [9.17, 15) is 0 Å². The summed E-state index contributed by atoms with van der Waals surface area (Å²) >= 11 is 6.93. The third kappa shape index (κ3) is 1.74. The number of nitrogens with zero attached hydrogens (tertiary/aromatic N) is 3. The predicted molar refractivity (Wildman–Crippen MR) is 69.4 cm³/mol. The van der Waals surface area contributed by atoms with Crippen molar-refractivity contribution < 1.29 is 4.57 Å². The molecular formula is C11H8Br2N3+. The molecule has 3 nitrogen and oxygen atoms in total. The van der Waals surface area contributed by atoms with Gasteiger partial charge in [0.2, 0.25) is 0 Å². The van der Waals surface area contributed by atoms with Crippen LogP contribution in [0.1, 0.15) is 0 Å². The number of allylic oxidation sites excluding steroid dienone is 2. The van der Waals surface area contributed by atoms with Gasteiger partial charge in [-0.25, -0.2) is 4.57 Å². The van der Waals surface area contributed by atoms with Gasteiger partial charge in [-0.05, 0) is 49.0 Å². The Labute approximate surface area is 110 Å². The lowest BCUT2D eigenvalue weighted by atomic mass is 10.3. The minimum Gasteiger partial charge on any atom is -0.273 e. The fourth-order valence-corrected chi connectivity index (χ4v) is 2.49. The number of hydrogen-bond acceptors (Lipinski definition) is 2. The summed E-state index contributed by atoms with van der Waals surface area (Å²) in [5, 5.41) is 0. The third-order valence-corrected chi connectivity index (χ3v) is 3.40. The first kappa shape index (κ1) is 10.2. The number of halogens is 2. The van der Waals surface area contributed by atoms with Crippen molar-refractivity contribution >= 4 is 43.5 Å². The summed E-state index contributed by atoms with van der Waals surface area (Å²) in [7, 11) is 0. The molecule has 0 aliphatic carbocycles. The molecule has 0 fully saturated rings. The summed E-state index contributed by atoms with van der Waals surface area (Å²) in [6.07, 6.45) is 8.09. The van der Waals surface area contributed by atoms with Crippen molar-refractivity contribution in [2.45, 2.75) is 6.67 Å². The molecule has 80 valence electrons. The van der Waals surface area contributed by atoms with Crippen LogP contribution in [0, 0.1) is 0 Å². The van der Waals surface area contributed by atoms with E-state index >= 15 is 0 Å². The van der Waals surface area contributed by atoms with Gasteiger partial charge in [0.1, 0.15) is 6.20 Å². The van der Waals surface area contributed by atoms with Gasteiger partial charge < -0.3 is 0 Å². The highest BCUT2D eigenvalue weighted by Gasteiger charge is 2.25. The summed E-state index contributed by atoms with van der Waals surface area (Å²) < 4.78 is 4.22. The Morgan fingerprint density at radius 1 is 1.25 bits per heavy atom. The lowest BCUT2D eigenvalue weighted by molar-refractivity contribution is -0.700. The molecule has 0 N–H and O–H groups in total. The second-order valence-corrected chi connectivity index (χ2v) is 5.44. The van der Waals surface area contributed by atoms with Crippen LogP contribution in [-0.2, 0) is 6.67 Å². The molecule has 0 bridgehead atoms. The maximum Gasteiger partial charge on any atom is 0.327 e. The number of fused-ring (bicyclic) bond motifs is 2. The lowest BCUT2D eigenvalue weighted by Crippen LogP contribution is -2.47. The molecule has 2 aliphatic heterocycles. The van der Waals surface area contributed by atoms with Crippen molar-refractivity contribution in [1.29, 1.82) is 0 Å². The Morgan fingerprint density at radius 2 is 2.12 bits per heavy atom. The van der Waals surface area contributed by atoms with Crippen LogP contribution < -0.4 is 4.57 Å². The van der Waals surface area contributed by atoms with E-state index in [1.807, 2.05) is 36.7 Å². The van der Waals surface area contributed by atoms with E-state index in [4.69, 9.17) is 0 Å². The molecule has 3 rings (SSSR count). The smallest absolute Gasteiger partial charge is 0.273 e. The quantitative estimate of drug-likeness (QED) is 0.664. The molecule has 0 saturated carbocycles. The first-order chi connectivity index (χ1) is 7.72. The highest BCUT2D eigenvalue weighted by Crippen LogP contribution is 2.21. The number of aromatic nitrogens is 1. The van der Waals surface area contributed by atoms with Crippen LogP contribution in [-0.4, -0.2) is 10.7 Å². The monoisotopic (exact) mass is 340 g/mol. The summed E-state index contributed by atoms with van der Waals surface area (Å²) in [5.41, 5.74) is 0. The normalized spacial score (nSPS) is 17.5. The minimum absolute atomic E-state index is 0.785. The molecule has 2 aliphatic rings. The summed E-state index contributed by atoms with van der Waals surface area (Å²) in [6.45, 7) is 0.785. The second-order valence-electron chi connectivity index (χ2n) is 3.60. The van der Waals surface area contributed by atoms with Crippen LogP contribution in [0.4, 0.5) is 5.82 Å². The Morgan fingerprint density at radius 3 is 3.00 bits per heavy atom. The van der Waals surface area contributed by atoms with Gasteiger partial charge in [-0.15, -0.1) is 0 Å². The van der Waals surface area contributed by atoms with Crippen LogP contribution in [0.15, 0.2) is 50.6 Å². The number of rotatable bonds is 0. The van der Waals surface area contributed by atoms with E-state index in [0.29, 0.717) is 0 Å². The zero-order valence-electron chi connectivity index (χ0n) is 8.27. The predicted octanol–water partition coefficient (Wildman–Crippen LogP) is 2.85. The first-order valence-electron chi connectivity index (χ1n) is 4.82. The Kier molecular flexibility index (Phi) is 2.44. The highest BCUT2D eigenvalue weighted by atomic mass is 79.9. The zero-order chi connectivity index (χ0) is 11.1. The van der Waals surface area contributed by atoms with Gasteiger partial charge in [0.25, 0.3) is 5.84 Å². The molecule has 0 amide bonds. The molecule has 0 atom stereocenters. The minimum atomic E-state index is 0.785. The van der Waals surface area contributed by atoms with Gasteiger partial charge in [-0.2, -0.15) is 0 Å². The zero-order valence-corrected chi connectivity index (χ0v) is 11.4. The fourth-order valence-electron chi connectivity index (χ4n) is 1.73. The van der Waals surface area contributed by atoms with E-state index in [1.165, 1.54) is 0 Å². The maximum atomic E-state index is 4.58. The SMILES string of the molecule is BrC1=CN2C[n+]3cc(Br)ccc3N=C2C=C1. The second kappa shape index (κ2) is 3.82. The van der Waals surface area contributed by atoms with Crippen molar-refractivity contribution in [2.75, 3.05) is 0 Å². The molecule has 5 heteroatoms. The molecule has 0 radical (unpaired) electrons. The molecule has 16 heavy (non-hydrogen) atoms. The largest absolute Gasteiger partial charge is 0.327 e. The molecule has 3 heterocycles. The third-order valence-electron chi connectivity index (χ3n) is 2.46. The van der Waals surface area contributed by atoms with Crippen molar-refractivity contribution in [1.82, 2.24) is 4.90 Å². The van der Waals surface area contributed by atoms with Crippen molar-refractivity contribution in [3.8, 4) is 0 Å². The first-order valence-corrected chi connectivity index (χ1v) is 6.41. The average molecular weight is 342 g/mol. The van der Waals surface area contributed by atoms with Gasteiger partial charge >= 0.3 is 5.82 Å². The lowest BCUT2D eigenvalue weighted by Gasteiger charge is -2.22. The van der Waals surface area contributed by atoms with Crippen molar-refractivity contribution in [3.63, 3.8) is 0 Å². The maximum absolute atomic E-state index is 4.58. The fraction of sp³-hybridized carbons (Fsp3) is 0.0909. The Bertz CT molecular complexity index is 546. The Hall–Kier alpha value is -0.940. The van der Waals surface area contributed by atoms with Crippen LogP contribution in [0.25, 0.3) is 0 Å². The molecule has 1 aromatic heterocycles. The van der Waals surface area contributed by atoms with Gasteiger partial charge in [-0.3, -0.25) is 4.90 Å². The molecule has 0 aromatic carbocycles. The number of amidine groups is 1. The van der Waals surface area contributed by atoms with Crippen LogP contribution in [0.2, 0.25) is 0 Å². The summed E-state index contributed by atoms with van der Waals surface area (Å²) in [4.78, 5) is 6.68. The van der Waals surface area contributed by atoms with Gasteiger partial charge in [-0.1, -0.05) is 0 Å². The Balaban J connectivity index is 2.09. The summed E-state index contributed by atoms with van der Waals surface area (Å²) in [6, 6.07) is 4.01. The molecule has 1 aromatic rings. The molecule has 0 saturated heterocycles. The highest BCUT2D eigenvalue weighted by molar-refractivity contribution is 9.12. The molecule has 0 spiro atoms. The van der Waals surface area contributed by atoms with Crippen LogP contribution in [0.3, 0.4) is 0 Å². The van der Waals surface area contributed by atoms with E-state index < -0.39 is 0 Å². The van der Waals surface area contributed by atoms with Crippen LogP contribution in [0.5, 0.6) is 0 Å². The number of aliphatic imine (C=N–C) groups is 1.